The van der Waals surface area contributed by atoms with Crippen LogP contribution in [0, 0.1) is 10.1 Å². The molecular weight excluding hydrogens is 324 g/mol. The molecule has 1 atom stereocenters. The summed E-state index contributed by atoms with van der Waals surface area (Å²) in [6.07, 6.45) is 8.83. The van der Waals surface area contributed by atoms with Crippen LogP contribution < -0.4 is 5.32 Å². The second-order valence-corrected chi connectivity index (χ2v) is 5.85. The van der Waals surface area contributed by atoms with Crippen LogP contribution in [0.15, 0.2) is 36.8 Å². The Hall–Kier alpha value is -3.23. The van der Waals surface area contributed by atoms with E-state index in [1.54, 1.807) is 34.0 Å². The zero-order valence-corrected chi connectivity index (χ0v) is 13.7. The molecule has 3 rings (SSSR count). The van der Waals surface area contributed by atoms with Crippen molar-refractivity contribution in [3.8, 4) is 0 Å². The second kappa shape index (κ2) is 7.12. The molecule has 25 heavy (non-hydrogen) atoms. The predicted octanol–water partition coefficient (Wildman–Crippen LogP) is 1.45. The summed E-state index contributed by atoms with van der Waals surface area (Å²) in [5.41, 5.74) is 0.828. The van der Waals surface area contributed by atoms with E-state index in [9.17, 15) is 14.9 Å². The Balaban J connectivity index is 1.53. The van der Waals surface area contributed by atoms with Gasteiger partial charge in [0.05, 0.1) is 11.1 Å². The molecule has 1 fully saturated rings. The van der Waals surface area contributed by atoms with Gasteiger partial charge in [-0.2, -0.15) is 5.10 Å². The summed E-state index contributed by atoms with van der Waals surface area (Å²) in [6.45, 7) is 1.22. The van der Waals surface area contributed by atoms with Crippen LogP contribution in [-0.2, 0) is 11.8 Å². The quantitative estimate of drug-likeness (QED) is 0.501. The normalized spacial score (nSPS) is 17.2. The molecule has 1 aliphatic rings. The van der Waals surface area contributed by atoms with Crippen LogP contribution in [-0.4, -0.2) is 49.6 Å². The van der Waals surface area contributed by atoms with Crippen molar-refractivity contribution in [1.29, 1.82) is 0 Å². The lowest BCUT2D eigenvalue weighted by Crippen LogP contribution is -2.30. The molecule has 0 bridgehead atoms. The summed E-state index contributed by atoms with van der Waals surface area (Å²) in [4.78, 5) is 28.2. The number of hydrogen-bond acceptors (Lipinski definition) is 6. The van der Waals surface area contributed by atoms with Gasteiger partial charge in [-0.05, 0) is 18.6 Å². The van der Waals surface area contributed by atoms with Crippen molar-refractivity contribution in [2.45, 2.75) is 12.5 Å². The van der Waals surface area contributed by atoms with Crippen LogP contribution in [0.5, 0.6) is 0 Å². The van der Waals surface area contributed by atoms with E-state index in [4.69, 9.17) is 0 Å². The third kappa shape index (κ3) is 4.19. The van der Waals surface area contributed by atoms with Crippen LogP contribution in [0.2, 0.25) is 0 Å². The third-order valence-corrected chi connectivity index (χ3v) is 3.95. The molecule has 1 aliphatic heterocycles. The molecule has 9 heteroatoms. The topological polar surface area (TPSA) is 106 Å². The molecule has 9 nitrogen and oxygen atoms in total. The summed E-state index contributed by atoms with van der Waals surface area (Å²) in [5, 5.41) is 17.9. The number of anilines is 1. The van der Waals surface area contributed by atoms with Gasteiger partial charge in [0, 0.05) is 50.1 Å². The predicted molar refractivity (Wildman–Crippen MR) is 91.7 cm³/mol. The van der Waals surface area contributed by atoms with Gasteiger partial charge in [-0.1, -0.05) is 0 Å². The number of carbonyl (C=O) groups excluding carboxylic acids is 1. The fraction of sp³-hybridized carbons (Fsp3) is 0.312. The van der Waals surface area contributed by atoms with Crippen molar-refractivity contribution in [3.63, 3.8) is 0 Å². The SMILES string of the molecule is Cn1cc(/C=C/C(=O)N2CC[C@H](Nc3ccc([N+](=O)[O-])cn3)C2)cn1. The Labute approximate surface area is 144 Å². The molecule has 0 radical (unpaired) electrons. The molecule has 1 saturated heterocycles. The maximum absolute atomic E-state index is 12.2. The Morgan fingerprint density at radius 2 is 2.28 bits per heavy atom. The van der Waals surface area contributed by atoms with E-state index in [-0.39, 0.29) is 17.6 Å². The van der Waals surface area contributed by atoms with Crippen LogP contribution in [0.3, 0.4) is 0 Å². The number of aromatic nitrogens is 3. The number of hydrogen-bond donors (Lipinski definition) is 1. The number of aryl methyl sites for hydroxylation is 1. The van der Waals surface area contributed by atoms with Crippen LogP contribution in [0.25, 0.3) is 6.08 Å². The highest BCUT2D eigenvalue weighted by atomic mass is 16.6. The number of carbonyl (C=O) groups is 1. The molecule has 1 amide bonds. The van der Waals surface area contributed by atoms with E-state index in [2.05, 4.69) is 15.4 Å². The zero-order valence-electron chi connectivity index (χ0n) is 13.7. The lowest BCUT2D eigenvalue weighted by molar-refractivity contribution is -0.385. The van der Waals surface area contributed by atoms with Crippen molar-refractivity contribution < 1.29 is 9.72 Å². The molecular formula is C16H18N6O3. The van der Waals surface area contributed by atoms with E-state index >= 15 is 0 Å². The lowest BCUT2D eigenvalue weighted by Gasteiger charge is -2.15. The minimum Gasteiger partial charge on any atom is -0.365 e. The molecule has 0 spiro atoms. The first kappa shape index (κ1) is 16.6. The van der Waals surface area contributed by atoms with Gasteiger partial charge in [-0.15, -0.1) is 0 Å². The van der Waals surface area contributed by atoms with Gasteiger partial charge >= 0.3 is 0 Å². The summed E-state index contributed by atoms with van der Waals surface area (Å²) in [7, 11) is 1.82. The summed E-state index contributed by atoms with van der Waals surface area (Å²) in [5.74, 6) is 0.514. The molecule has 0 unspecified atom stereocenters. The molecule has 3 heterocycles. The number of nitrogens with zero attached hydrogens (tertiary/aromatic N) is 5. The molecule has 2 aromatic heterocycles. The fourth-order valence-electron chi connectivity index (χ4n) is 2.67. The first-order chi connectivity index (χ1) is 12.0. The van der Waals surface area contributed by atoms with E-state index in [0.29, 0.717) is 18.9 Å². The molecule has 0 aromatic carbocycles. The van der Waals surface area contributed by atoms with Crippen molar-refractivity contribution in [1.82, 2.24) is 19.7 Å². The Bertz CT molecular complexity index is 798. The van der Waals surface area contributed by atoms with E-state index in [1.807, 2.05) is 13.2 Å². The molecule has 2 aromatic rings. The third-order valence-electron chi connectivity index (χ3n) is 3.95. The van der Waals surface area contributed by atoms with E-state index in [0.717, 1.165) is 12.0 Å². The standard InChI is InChI=1S/C16H18N6O3/c1-20-10-12(8-18-20)2-5-16(23)21-7-6-13(11-21)19-15-4-3-14(9-17-15)22(24)25/h2-5,8-10,13H,6-7,11H2,1H3,(H,17,19)/b5-2+/t13-/m0/s1. The highest BCUT2D eigenvalue weighted by Gasteiger charge is 2.25. The molecule has 0 aliphatic carbocycles. The van der Waals surface area contributed by atoms with Gasteiger partial charge in [-0.3, -0.25) is 19.6 Å². The minimum absolute atomic E-state index is 0.0469. The summed E-state index contributed by atoms with van der Waals surface area (Å²) in [6, 6.07) is 3.05. The second-order valence-electron chi connectivity index (χ2n) is 5.85. The first-order valence-electron chi connectivity index (χ1n) is 7.84. The zero-order chi connectivity index (χ0) is 17.8. The highest BCUT2D eigenvalue weighted by Crippen LogP contribution is 2.17. The van der Waals surface area contributed by atoms with Crippen molar-refractivity contribution in [3.05, 3.63) is 52.5 Å². The van der Waals surface area contributed by atoms with Gasteiger partial charge in [0.2, 0.25) is 5.91 Å². The van der Waals surface area contributed by atoms with E-state index in [1.165, 1.54) is 12.3 Å². The molecule has 0 saturated carbocycles. The van der Waals surface area contributed by atoms with Crippen LogP contribution in [0.1, 0.15) is 12.0 Å². The minimum atomic E-state index is -0.485. The maximum atomic E-state index is 12.2. The number of nitrogens with one attached hydrogen (secondary N) is 1. The Morgan fingerprint density at radius 3 is 2.92 bits per heavy atom. The Kier molecular flexibility index (Phi) is 4.73. The number of rotatable bonds is 5. The number of likely N-dealkylation sites (tertiary alicyclic amines) is 1. The van der Waals surface area contributed by atoms with Crippen molar-refractivity contribution >= 4 is 23.5 Å². The van der Waals surface area contributed by atoms with Gasteiger partial charge in [0.15, 0.2) is 0 Å². The number of amides is 1. The van der Waals surface area contributed by atoms with Gasteiger partial charge in [-0.25, -0.2) is 4.98 Å². The van der Waals surface area contributed by atoms with Crippen LogP contribution in [0.4, 0.5) is 11.5 Å². The average Bonchev–Trinajstić information content (AvgIpc) is 3.22. The molecule has 1 N–H and O–H groups in total. The van der Waals surface area contributed by atoms with Crippen molar-refractivity contribution in [2.24, 2.45) is 7.05 Å². The van der Waals surface area contributed by atoms with Crippen LogP contribution >= 0.6 is 0 Å². The number of nitro groups is 1. The van der Waals surface area contributed by atoms with Gasteiger partial charge in [0.25, 0.3) is 5.69 Å². The van der Waals surface area contributed by atoms with E-state index < -0.39 is 4.92 Å². The average molecular weight is 342 g/mol. The Morgan fingerprint density at radius 1 is 1.44 bits per heavy atom. The molecule has 130 valence electrons. The maximum Gasteiger partial charge on any atom is 0.287 e. The van der Waals surface area contributed by atoms with Crippen molar-refractivity contribution in [2.75, 3.05) is 18.4 Å². The smallest absolute Gasteiger partial charge is 0.287 e. The van der Waals surface area contributed by atoms with Gasteiger partial charge in [0.1, 0.15) is 12.0 Å². The summed E-state index contributed by atoms with van der Waals surface area (Å²) >= 11 is 0. The lowest BCUT2D eigenvalue weighted by atomic mass is 10.2. The first-order valence-corrected chi connectivity index (χ1v) is 7.84. The largest absolute Gasteiger partial charge is 0.365 e. The number of pyridine rings is 1. The summed E-state index contributed by atoms with van der Waals surface area (Å²) < 4.78 is 1.68. The fourth-order valence-corrected chi connectivity index (χ4v) is 2.67. The highest BCUT2D eigenvalue weighted by molar-refractivity contribution is 5.92. The monoisotopic (exact) mass is 342 g/mol. The van der Waals surface area contributed by atoms with Gasteiger partial charge < -0.3 is 10.2 Å².